The number of carbonyl (C=O) groups is 4. The predicted octanol–water partition coefficient (Wildman–Crippen LogP) is 3.05. The number of hydrogen-bond acceptors (Lipinski definition) is 5. The Morgan fingerprint density at radius 1 is 0.956 bits per heavy atom. The first-order chi connectivity index (χ1) is 21.5. The summed E-state index contributed by atoms with van der Waals surface area (Å²) in [6.07, 6.45) is -1.74. The number of halogens is 3. The van der Waals surface area contributed by atoms with Crippen LogP contribution in [0, 0.1) is 0 Å². The van der Waals surface area contributed by atoms with Crippen molar-refractivity contribution in [3.05, 3.63) is 71.4 Å². The van der Waals surface area contributed by atoms with Crippen LogP contribution in [0.4, 0.5) is 13.2 Å². The van der Waals surface area contributed by atoms with E-state index in [9.17, 15) is 32.3 Å². The molecule has 0 radical (unpaired) electrons. The number of para-hydroxylation sites is 1. The highest BCUT2D eigenvalue weighted by Crippen LogP contribution is 2.23. The molecule has 13 heteroatoms. The van der Waals surface area contributed by atoms with Crippen molar-refractivity contribution in [3.8, 4) is 0 Å². The summed E-state index contributed by atoms with van der Waals surface area (Å²) >= 11 is 0. The molecule has 10 nitrogen and oxygen atoms in total. The molecular weight excluding hydrogens is 589 g/mol. The first-order valence-electron chi connectivity index (χ1n) is 14.8. The highest BCUT2D eigenvalue weighted by molar-refractivity contribution is 5.99. The molecule has 1 aromatic heterocycles. The number of Topliss-reactive ketones (excluding diaryl/α,β-unsaturated/α-hetero) is 1. The molecule has 45 heavy (non-hydrogen) atoms. The molecule has 1 fully saturated rings. The SMILES string of the molecule is CCC(=O)NC(Cc1cccc(C(=NC)N2CCCC2)c1)C(=O)NCC(=O)NC(Cc1c[nH]c2ccccc12)C(=O)C(F)(F)F. The number of hydrogen-bond donors (Lipinski definition) is 4. The fourth-order valence-corrected chi connectivity index (χ4v) is 5.42. The Bertz CT molecular complexity index is 1560. The monoisotopic (exact) mass is 626 g/mol. The average molecular weight is 627 g/mol. The zero-order chi connectivity index (χ0) is 32.6. The molecule has 1 saturated heterocycles. The van der Waals surface area contributed by atoms with Crippen LogP contribution in [0.2, 0.25) is 0 Å². The standard InChI is InChI=1S/C32H37F3N6O4/c1-3-27(42)40-26(16-20-9-8-10-21(15-20)30(36-2)41-13-6-7-14-41)31(45)38-19-28(43)39-25(29(44)32(33,34)35)17-22-18-37-24-12-5-4-11-23(22)24/h4-5,8-12,15,18,25-26,37H,3,6-7,13-14,16-17,19H2,1-2H3,(H,38,45)(H,39,43)(H,40,42). The first kappa shape index (κ1) is 33.2. The predicted molar refractivity (Wildman–Crippen MR) is 164 cm³/mol. The van der Waals surface area contributed by atoms with Crippen molar-refractivity contribution >= 4 is 40.2 Å². The van der Waals surface area contributed by atoms with E-state index in [-0.39, 0.29) is 12.8 Å². The summed E-state index contributed by atoms with van der Waals surface area (Å²) in [5, 5.41) is 7.81. The quantitative estimate of drug-likeness (QED) is 0.181. The van der Waals surface area contributed by atoms with Crippen molar-refractivity contribution in [1.82, 2.24) is 25.8 Å². The van der Waals surface area contributed by atoms with Crippen molar-refractivity contribution in [3.63, 3.8) is 0 Å². The lowest BCUT2D eigenvalue weighted by Crippen LogP contribution is -2.53. The minimum atomic E-state index is -5.19. The van der Waals surface area contributed by atoms with Gasteiger partial charge in [-0.2, -0.15) is 13.2 Å². The number of amides is 3. The topological polar surface area (TPSA) is 136 Å². The largest absolute Gasteiger partial charge is 0.452 e. The van der Waals surface area contributed by atoms with Crippen LogP contribution in [0.5, 0.6) is 0 Å². The summed E-state index contributed by atoms with van der Waals surface area (Å²) < 4.78 is 40.3. The number of H-pyrrole nitrogens is 1. The van der Waals surface area contributed by atoms with Crippen molar-refractivity contribution in [1.29, 1.82) is 0 Å². The highest BCUT2D eigenvalue weighted by Gasteiger charge is 2.44. The fraction of sp³-hybridized carbons (Fsp3) is 0.406. The number of nitrogens with one attached hydrogen (secondary N) is 4. The molecule has 0 aliphatic carbocycles. The maximum absolute atomic E-state index is 13.4. The highest BCUT2D eigenvalue weighted by atomic mass is 19.4. The Balaban J connectivity index is 1.44. The van der Waals surface area contributed by atoms with Crippen molar-refractivity contribution in [2.45, 2.75) is 57.3 Å². The van der Waals surface area contributed by atoms with Gasteiger partial charge in [-0.05, 0) is 36.1 Å². The molecule has 4 N–H and O–H groups in total. The van der Waals surface area contributed by atoms with E-state index in [1.807, 2.05) is 24.3 Å². The zero-order valence-electron chi connectivity index (χ0n) is 25.2. The number of alkyl halides is 3. The first-order valence-corrected chi connectivity index (χ1v) is 14.8. The second kappa shape index (κ2) is 14.9. The van der Waals surface area contributed by atoms with Gasteiger partial charge in [0.2, 0.25) is 17.7 Å². The molecule has 1 aliphatic rings. The molecule has 0 bridgehead atoms. The van der Waals surface area contributed by atoms with Crippen LogP contribution in [0.25, 0.3) is 10.9 Å². The van der Waals surface area contributed by atoms with E-state index in [1.54, 1.807) is 38.2 Å². The van der Waals surface area contributed by atoms with E-state index in [1.165, 1.54) is 6.20 Å². The van der Waals surface area contributed by atoms with Gasteiger partial charge in [0, 0.05) is 62.1 Å². The van der Waals surface area contributed by atoms with Crippen LogP contribution < -0.4 is 16.0 Å². The van der Waals surface area contributed by atoms with Crippen LogP contribution in [-0.2, 0) is 32.0 Å². The Labute approximate surface area is 258 Å². The van der Waals surface area contributed by atoms with E-state index in [0.29, 0.717) is 16.5 Å². The Morgan fingerprint density at radius 2 is 1.67 bits per heavy atom. The average Bonchev–Trinajstić information content (AvgIpc) is 3.70. The zero-order valence-corrected chi connectivity index (χ0v) is 25.2. The van der Waals surface area contributed by atoms with Gasteiger partial charge in [-0.25, -0.2) is 0 Å². The van der Waals surface area contributed by atoms with Gasteiger partial charge in [-0.3, -0.25) is 24.2 Å². The number of rotatable bonds is 12. The number of benzene rings is 2. The smallest absolute Gasteiger partial charge is 0.361 e. The van der Waals surface area contributed by atoms with E-state index in [4.69, 9.17) is 0 Å². The third-order valence-corrected chi connectivity index (χ3v) is 7.67. The molecule has 3 amide bonds. The summed E-state index contributed by atoms with van der Waals surface area (Å²) in [5.74, 6) is -3.35. The normalized spacial score (nSPS) is 15.0. The van der Waals surface area contributed by atoms with Gasteiger partial charge < -0.3 is 25.8 Å². The van der Waals surface area contributed by atoms with Gasteiger partial charge in [-0.15, -0.1) is 0 Å². The van der Waals surface area contributed by atoms with Gasteiger partial charge >= 0.3 is 6.18 Å². The number of carbonyl (C=O) groups excluding carboxylic acids is 4. The second-order valence-corrected chi connectivity index (χ2v) is 10.9. The van der Waals surface area contributed by atoms with Crippen molar-refractivity contribution in [2.24, 2.45) is 4.99 Å². The Morgan fingerprint density at radius 3 is 2.36 bits per heavy atom. The number of nitrogens with zero attached hydrogens (tertiary/aromatic N) is 2. The van der Waals surface area contributed by atoms with Crippen LogP contribution in [0.1, 0.15) is 42.9 Å². The number of aromatic amines is 1. The van der Waals surface area contributed by atoms with Gasteiger partial charge in [-0.1, -0.05) is 43.3 Å². The number of fused-ring (bicyclic) bond motifs is 1. The molecular formula is C32H37F3N6O4. The Hall–Kier alpha value is -4.68. The van der Waals surface area contributed by atoms with Crippen LogP contribution >= 0.6 is 0 Å². The van der Waals surface area contributed by atoms with E-state index >= 15 is 0 Å². The van der Waals surface area contributed by atoms with Crippen LogP contribution in [0.3, 0.4) is 0 Å². The van der Waals surface area contributed by atoms with Gasteiger partial charge in [0.1, 0.15) is 17.9 Å². The molecule has 0 spiro atoms. The summed E-state index contributed by atoms with van der Waals surface area (Å²) in [7, 11) is 1.72. The number of ketones is 1. The minimum absolute atomic E-state index is 0.0970. The fourth-order valence-electron chi connectivity index (χ4n) is 5.42. The maximum Gasteiger partial charge on any atom is 0.452 e. The molecule has 2 unspecified atom stereocenters. The Kier molecular flexibility index (Phi) is 11.0. The van der Waals surface area contributed by atoms with E-state index in [2.05, 4.69) is 30.8 Å². The third kappa shape index (κ3) is 8.70. The van der Waals surface area contributed by atoms with E-state index < -0.39 is 54.7 Å². The number of amidine groups is 1. The lowest BCUT2D eigenvalue weighted by atomic mass is 10.0. The summed E-state index contributed by atoms with van der Waals surface area (Å²) in [6, 6.07) is 11.4. The third-order valence-electron chi connectivity index (χ3n) is 7.67. The molecule has 3 aromatic rings. The van der Waals surface area contributed by atoms with Crippen molar-refractivity contribution in [2.75, 3.05) is 26.7 Å². The lowest BCUT2D eigenvalue weighted by Gasteiger charge is -2.22. The summed E-state index contributed by atoms with van der Waals surface area (Å²) in [5.41, 5.74) is 2.70. The maximum atomic E-state index is 13.4. The molecule has 240 valence electrons. The lowest BCUT2D eigenvalue weighted by molar-refractivity contribution is -0.173. The van der Waals surface area contributed by atoms with Gasteiger partial charge in [0.05, 0.1) is 6.54 Å². The molecule has 2 aromatic carbocycles. The summed E-state index contributed by atoms with van der Waals surface area (Å²) in [4.78, 5) is 60.0. The van der Waals surface area contributed by atoms with Crippen LogP contribution in [0.15, 0.2) is 59.7 Å². The molecule has 0 saturated carbocycles. The van der Waals surface area contributed by atoms with Gasteiger partial charge in [0.25, 0.3) is 5.78 Å². The molecule has 4 rings (SSSR count). The molecule has 2 atom stereocenters. The summed E-state index contributed by atoms with van der Waals surface area (Å²) in [6.45, 7) is 2.72. The molecule has 2 heterocycles. The van der Waals surface area contributed by atoms with E-state index in [0.717, 1.165) is 42.9 Å². The molecule has 1 aliphatic heterocycles. The number of aromatic nitrogens is 1. The minimum Gasteiger partial charge on any atom is -0.361 e. The van der Waals surface area contributed by atoms with Crippen LogP contribution in [-0.4, -0.2) is 84.2 Å². The number of likely N-dealkylation sites (tertiary alicyclic amines) is 1. The van der Waals surface area contributed by atoms with Crippen molar-refractivity contribution < 1.29 is 32.3 Å². The second-order valence-electron chi connectivity index (χ2n) is 10.9. The number of aliphatic imine (C=N–C) groups is 1. The van der Waals surface area contributed by atoms with Gasteiger partial charge in [0.15, 0.2) is 0 Å².